The molecule has 0 aromatic carbocycles. The molecule has 0 saturated heterocycles. The van der Waals surface area contributed by atoms with E-state index in [1.54, 1.807) is 0 Å². The van der Waals surface area contributed by atoms with Gasteiger partial charge in [0.25, 0.3) is 0 Å². The van der Waals surface area contributed by atoms with E-state index >= 15 is 0 Å². The molecular formula is C33H66O6. The monoisotopic (exact) mass is 558 g/mol. The van der Waals surface area contributed by atoms with Gasteiger partial charge in [-0.15, -0.1) is 0 Å². The highest BCUT2D eigenvalue weighted by Gasteiger charge is 2.35. The van der Waals surface area contributed by atoms with Gasteiger partial charge in [-0.1, -0.05) is 41.5 Å². The fourth-order valence-corrected chi connectivity index (χ4v) is 1.81. The molecule has 6 heteroatoms. The van der Waals surface area contributed by atoms with Crippen LogP contribution in [0.5, 0.6) is 0 Å². The lowest BCUT2D eigenvalue weighted by atomic mass is 9.89. The smallest absolute Gasteiger partial charge is 0.312 e. The molecule has 0 rings (SSSR count). The van der Waals surface area contributed by atoms with Crippen LogP contribution in [0.25, 0.3) is 0 Å². The van der Waals surface area contributed by atoms with Crippen LogP contribution in [0.4, 0.5) is 0 Å². The van der Waals surface area contributed by atoms with Crippen LogP contribution in [0.1, 0.15) is 157 Å². The molecular weight excluding hydrogens is 492 g/mol. The van der Waals surface area contributed by atoms with Crippen molar-refractivity contribution in [3.63, 3.8) is 0 Å². The average Bonchev–Trinajstić information content (AvgIpc) is 2.77. The molecule has 0 aromatic rings. The number of rotatable bonds is 10. The Morgan fingerprint density at radius 3 is 1.00 bits per heavy atom. The first kappa shape index (κ1) is 41.9. The summed E-state index contributed by atoms with van der Waals surface area (Å²) >= 11 is 0. The maximum atomic E-state index is 11.8. The Bertz CT molecular complexity index is 749. The van der Waals surface area contributed by atoms with Crippen LogP contribution in [0, 0.1) is 22.2 Å². The maximum Gasteiger partial charge on any atom is 0.312 e. The first-order chi connectivity index (χ1) is 17.1. The molecule has 0 atom stereocenters. The minimum absolute atomic E-state index is 0.0955. The number of hydrogen-bond acceptors (Lipinski definition) is 6. The Morgan fingerprint density at radius 2 is 0.769 bits per heavy atom. The average molecular weight is 559 g/mol. The Hall–Kier alpha value is -1.59. The molecule has 0 aliphatic carbocycles. The van der Waals surface area contributed by atoms with Gasteiger partial charge in [0.2, 0.25) is 0 Å². The molecule has 39 heavy (non-hydrogen) atoms. The third-order valence-corrected chi connectivity index (χ3v) is 7.67. The minimum Gasteiger partial charge on any atom is -0.460 e. The Kier molecular flexibility index (Phi) is 17.2. The summed E-state index contributed by atoms with van der Waals surface area (Å²) in [6, 6.07) is 0. The second kappa shape index (κ2) is 16.0. The predicted octanol–water partition coefficient (Wildman–Crippen LogP) is 9.32. The molecule has 0 saturated carbocycles. The van der Waals surface area contributed by atoms with Gasteiger partial charge in [-0.3, -0.25) is 14.4 Å². The standard InChI is InChI=1S/C12H24O2.C11H22O2.C10H20O2/c1-8-11(4,5)10(13)14-12(6,7)9(2)3;1-7-10(3,4)9(12)13-11(5,6)8-2;1-7-10(5,6)8(11)12-9(2,3)4/h9H,8H2,1-7H3;7-8H2,1-6H3;7H2,1-6H3. The van der Waals surface area contributed by atoms with E-state index in [1.165, 1.54) is 0 Å². The van der Waals surface area contributed by atoms with E-state index in [-0.39, 0.29) is 51.0 Å². The quantitative estimate of drug-likeness (QED) is 0.196. The van der Waals surface area contributed by atoms with Crippen molar-refractivity contribution in [1.29, 1.82) is 0 Å². The molecule has 0 bridgehead atoms. The van der Waals surface area contributed by atoms with Gasteiger partial charge in [0.1, 0.15) is 16.8 Å². The van der Waals surface area contributed by atoms with E-state index in [0.29, 0.717) is 5.92 Å². The molecule has 0 amide bonds. The van der Waals surface area contributed by atoms with Gasteiger partial charge < -0.3 is 14.2 Å². The summed E-state index contributed by atoms with van der Waals surface area (Å²) in [5.74, 6) is 0.0251. The van der Waals surface area contributed by atoms with Crippen molar-refractivity contribution >= 4 is 17.9 Å². The van der Waals surface area contributed by atoms with E-state index in [1.807, 2.05) is 118 Å². The second-order valence-electron chi connectivity index (χ2n) is 14.9. The van der Waals surface area contributed by atoms with Gasteiger partial charge in [0.15, 0.2) is 0 Å². The highest BCUT2D eigenvalue weighted by Crippen LogP contribution is 2.29. The molecule has 0 aliphatic heterocycles. The fraction of sp³-hybridized carbons (Fsp3) is 0.909. The van der Waals surface area contributed by atoms with E-state index in [9.17, 15) is 14.4 Å². The Morgan fingerprint density at radius 1 is 0.487 bits per heavy atom. The van der Waals surface area contributed by atoms with E-state index < -0.39 is 0 Å². The number of carbonyl (C=O) groups excluding carboxylic acids is 3. The third kappa shape index (κ3) is 17.7. The van der Waals surface area contributed by atoms with Crippen LogP contribution in [-0.4, -0.2) is 34.7 Å². The van der Waals surface area contributed by atoms with Gasteiger partial charge in [-0.25, -0.2) is 0 Å². The fourth-order valence-electron chi connectivity index (χ4n) is 1.81. The molecule has 0 aliphatic rings. The maximum absolute atomic E-state index is 11.8. The summed E-state index contributed by atoms with van der Waals surface area (Å²) in [5.41, 5.74) is -2.15. The zero-order valence-electron chi connectivity index (χ0n) is 29.4. The van der Waals surface area contributed by atoms with Crippen molar-refractivity contribution in [2.45, 2.75) is 174 Å². The van der Waals surface area contributed by atoms with E-state index in [2.05, 4.69) is 13.8 Å². The number of hydrogen-bond donors (Lipinski definition) is 0. The summed E-state index contributed by atoms with van der Waals surface area (Å²) in [4.78, 5) is 34.9. The third-order valence-electron chi connectivity index (χ3n) is 7.67. The first-order valence-corrected chi connectivity index (χ1v) is 14.8. The molecule has 0 aromatic heterocycles. The van der Waals surface area contributed by atoms with Crippen molar-refractivity contribution in [3.05, 3.63) is 0 Å². The number of ether oxygens (including phenoxy) is 3. The summed E-state index contributed by atoms with van der Waals surface area (Å²) in [6.07, 6.45) is 3.27. The first-order valence-electron chi connectivity index (χ1n) is 14.8. The normalized spacial score (nSPS) is 12.9. The van der Waals surface area contributed by atoms with Crippen LogP contribution in [0.3, 0.4) is 0 Å². The summed E-state index contributed by atoms with van der Waals surface area (Å²) in [6.45, 7) is 37.1. The number of esters is 3. The predicted molar refractivity (Wildman–Crippen MR) is 164 cm³/mol. The molecule has 0 radical (unpaired) electrons. The van der Waals surface area contributed by atoms with Crippen LogP contribution in [0.2, 0.25) is 0 Å². The Labute approximate surface area is 242 Å². The van der Waals surface area contributed by atoms with Crippen LogP contribution < -0.4 is 0 Å². The largest absolute Gasteiger partial charge is 0.460 e. The lowest BCUT2D eigenvalue weighted by Crippen LogP contribution is -2.38. The van der Waals surface area contributed by atoms with Gasteiger partial charge >= 0.3 is 17.9 Å². The molecule has 6 nitrogen and oxygen atoms in total. The summed E-state index contributed by atoms with van der Waals surface area (Å²) in [5, 5.41) is 0. The zero-order chi connectivity index (χ0) is 32.3. The number of carbonyl (C=O) groups is 3. The lowest BCUT2D eigenvalue weighted by Gasteiger charge is -2.33. The highest BCUT2D eigenvalue weighted by molar-refractivity contribution is 5.77. The van der Waals surface area contributed by atoms with E-state index in [0.717, 1.165) is 25.7 Å². The van der Waals surface area contributed by atoms with Gasteiger partial charge in [0.05, 0.1) is 16.2 Å². The molecule has 0 fully saturated rings. The van der Waals surface area contributed by atoms with Crippen LogP contribution in [-0.2, 0) is 28.6 Å². The van der Waals surface area contributed by atoms with Crippen LogP contribution >= 0.6 is 0 Å². The molecule has 0 N–H and O–H groups in total. The zero-order valence-corrected chi connectivity index (χ0v) is 29.4. The minimum atomic E-state index is -0.372. The lowest BCUT2D eigenvalue weighted by molar-refractivity contribution is -0.171. The van der Waals surface area contributed by atoms with Crippen molar-refractivity contribution < 1.29 is 28.6 Å². The molecule has 0 heterocycles. The molecule has 0 spiro atoms. The summed E-state index contributed by atoms with van der Waals surface area (Å²) < 4.78 is 16.2. The van der Waals surface area contributed by atoms with Crippen molar-refractivity contribution in [1.82, 2.24) is 0 Å². The van der Waals surface area contributed by atoms with Gasteiger partial charge in [0, 0.05) is 0 Å². The second-order valence-corrected chi connectivity index (χ2v) is 14.9. The highest BCUT2D eigenvalue weighted by atomic mass is 16.6. The van der Waals surface area contributed by atoms with Crippen LogP contribution in [0.15, 0.2) is 0 Å². The Balaban J connectivity index is -0.000000500. The van der Waals surface area contributed by atoms with Crippen molar-refractivity contribution in [3.8, 4) is 0 Å². The van der Waals surface area contributed by atoms with Crippen molar-refractivity contribution in [2.24, 2.45) is 22.2 Å². The SMILES string of the molecule is CCC(C)(C)C(=O)OC(C)(C)C.CCC(C)(C)C(=O)OC(C)(C)C(C)C.CCC(C)(C)OC(=O)C(C)(C)CC. The van der Waals surface area contributed by atoms with E-state index in [4.69, 9.17) is 14.2 Å². The molecule has 0 unspecified atom stereocenters. The topological polar surface area (TPSA) is 78.9 Å². The van der Waals surface area contributed by atoms with Crippen molar-refractivity contribution in [2.75, 3.05) is 0 Å². The van der Waals surface area contributed by atoms with Gasteiger partial charge in [-0.05, 0) is 122 Å². The van der Waals surface area contributed by atoms with Gasteiger partial charge in [-0.2, -0.15) is 0 Å². The summed E-state index contributed by atoms with van der Waals surface area (Å²) in [7, 11) is 0. The molecule has 234 valence electrons.